The molecule has 0 aliphatic carbocycles. The minimum Gasteiger partial charge on any atom is -0.444 e. The Balaban J connectivity index is 1.32. The van der Waals surface area contributed by atoms with Gasteiger partial charge in [-0.15, -0.1) is 0 Å². The highest BCUT2D eigenvalue weighted by Gasteiger charge is 2.37. The summed E-state index contributed by atoms with van der Waals surface area (Å²) >= 11 is 0. The van der Waals surface area contributed by atoms with Crippen LogP contribution in [0.5, 0.6) is 0 Å². The lowest BCUT2D eigenvalue weighted by Crippen LogP contribution is -2.50. The van der Waals surface area contributed by atoms with Gasteiger partial charge < -0.3 is 19.2 Å². The molecule has 4 heterocycles. The number of halogens is 1. The first kappa shape index (κ1) is 20.5. The van der Waals surface area contributed by atoms with Gasteiger partial charge in [0.05, 0.1) is 5.69 Å². The molecule has 2 amide bonds. The van der Waals surface area contributed by atoms with Crippen LogP contribution in [0.3, 0.4) is 0 Å². The summed E-state index contributed by atoms with van der Waals surface area (Å²) in [7, 11) is 0. The van der Waals surface area contributed by atoms with Gasteiger partial charge in [-0.25, -0.2) is 14.2 Å². The molecule has 32 heavy (non-hydrogen) atoms. The molecule has 1 saturated heterocycles. The Bertz CT molecular complexity index is 1200. The van der Waals surface area contributed by atoms with E-state index in [4.69, 9.17) is 9.72 Å². The number of nitrogens with zero attached hydrogens (tertiary/aromatic N) is 4. The molecule has 0 atom stereocenters. The average molecular weight is 439 g/mol. The molecule has 2 aliphatic heterocycles. The summed E-state index contributed by atoms with van der Waals surface area (Å²) < 4.78 is 20.9. The molecule has 1 fully saturated rings. The quantitative estimate of drug-likeness (QED) is 0.657. The van der Waals surface area contributed by atoms with E-state index in [1.807, 2.05) is 31.5 Å². The Hall–Kier alpha value is -3.36. The number of carbonyl (C=O) groups is 2. The van der Waals surface area contributed by atoms with Gasteiger partial charge in [-0.3, -0.25) is 9.69 Å². The lowest BCUT2D eigenvalue weighted by atomic mass is 9.98. The number of aromatic amines is 1. The Kier molecular flexibility index (Phi) is 4.72. The van der Waals surface area contributed by atoms with Gasteiger partial charge in [0, 0.05) is 49.2 Å². The number of rotatable bonds is 2. The van der Waals surface area contributed by atoms with Gasteiger partial charge in [-0.1, -0.05) is 0 Å². The maximum atomic E-state index is 13.5. The fourth-order valence-corrected chi connectivity index (χ4v) is 4.20. The van der Waals surface area contributed by atoms with Gasteiger partial charge in [0.15, 0.2) is 0 Å². The number of aryl methyl sites for hydroxylation is 1. The highest BCUT2D eigenvalue weighted by Crippen LogP contribution is 2.32. The molecule has 0 spiro atoms. The fourth-order valence-electron chi connectivity index (χ4n) is 4.20. The number of fused-ring (bicyclic) bond motifs is 2. The second-order valence-corrected chi connectivity index (χ2v) is 9.47. The highest BCUT2D eigenvalue weighted by atomic mass is 19.1. The summed E-state index contributed by atoms with van der Waals surface area (Å²) in [5, 5.41) is 0.658. The number of benzene rings is 1. The smallest absolute Gasteiger partial charge is 0.410 e. The van der Waals surface area contributed by atoms with Crippen LogP contribution < -0.4 is 4.90 Å². The zero-order chi connectivity index (χ0) is 22.6. The number of imidazole rings is 1. The van der Waals surface area contributed by atoms with E-state index in [-0.39, 0.29) is 23.7 Å². The molecule has 8 nitrogen and oxygen atoms in total. The van der Waals surface area contributed by atoms with Crippen molar-refractivity contribution >= 4 is 28.9 Å². The lowest BCUT2D eigenvalue weighted by molar-refractivity contribution is 0.00790. The number of hydrogen-bond acceptors (Lipinski definition) is 4. The fraction of sp³-hybridized carbons (Fsp3) is 0.435. The minimum atomic E-state index is -0.523. The van der Waals surface area contributed by atoms with Crippen LogP contribution in [-0.2, 0) is 11.3 Å². The molecule has 2 aromatic heterocycles. The van der Waals surface area contributed by atoms with Crippen molar-refractivity contribution < 1.29 is 18.7 Å². The van der Waals surface area contributed by atoms with Gasteiger partial charge in [0.2, 0.25) is 5.95 Å². The Morgan fingerprint density at radius 1 is 1.19 bits per heavy atom. The van der Waals surface area contributed by atoms with Crippen LogP contribution in [0.4, 0.5) is 15.1 Å². The molecular weight excluding hydrogens is 413 g/mol. The largest absolute Gasteiger partial charge is 0.444 e. The summed E-state index contributed by atoms with van der Waals surface area (Å²) in [6, 6.07) is 6.08. The number of H-pyrrole nitrogens is 1. The zero-order valence-corrected chi connectivity index (χ0v) is 18.4. The number of carbonyl (C=O) groups excluding carboxylic acids is 2. The average Bonchev–Trinajstić information content (AvgIpc) is 3.28. The maximum absolute atomic E-state index is 13.5. The monoisotopic (exact) mass is 439 g/mol. The van der Waals surface area contributed by atoms with Crippen molar-refractivity contribution in [3.05, 3.63) is 47.7 Å². The SMILES string of the molecule is CC(C)(C)OC(=O)N1CC(c2cn3c(n2)N(C(=O)c2cc4cc(F)ccc4[nH]2)CCC3)C1. The van der Waals surface area contributed by atoms with E-state index in [9.17, 15) is 14.0 Å². The van der Waals surface area contributed by atoms with Crippen LogP contribution in [0.15, 0.2) is 30.5 Å². The van der Waals surface area contributed by atoms with Gasteiger partial charge in [-0.2, -0.15) is 0 Å². The molecule has 9 heteroatoms. The maximum Gasteiger partial charge on any atom is 0.410 e. The molecule has 2 aliphatic rings. The summed E-state index contributed by atoms with van der Waals surface area (Å²) in [6.45, 7) is 7.99. The van der Waals surface area contributed by atoms with Crippen molar-refractivity contribution in [1.82, 2.24) is 19.4 Å². The van der Waals surface area contributed by atoms with Crippen LogP contribution >= 0.6 is 0 Å². The van der Waals surface area contributed by atoms with Crippen LogP contribution in [0, 0.1) is 5.82 Å². The van der Waals surface area contributed by atoms with E-state index in [0.717, 1.165) is 18.7 Å². The number of anilines is 1. The van der Waals surface area contributed by atoms with E-state index in [1.54, 1.807) is 21.9 Å². The Labute approximate surface area is 185 Å². The molecule has 0 unspecified atom stereocenters. The van der Waals surface area contributed by atoms with E-state index >= 15 is 0 Å². The first-order chi connectivity index (χ1) is 15.2. The number of amides is 2. The Morgan fingerprint density at radius 3 is 2.72 bits per heavy atom. The zero-order valence-electron chi connectivity index (χ0n) is 18.4. The molecule has 3 aromatic rings. The first-order valence-electron chi connectivity index (χ1n) is 10.8. The van der Waals surface area contributed by atoms with Crippen molar-refractivity contribution in [3.63, 3.8) is 0 Å². The summed E-state index contributed by atoms with van der Waals surface area (Å²) in [5.74, 6) is 0.198. The van der Waals surface area contributed by atoms with Gasteiger partial charge in [-0.05, 0) is 51.5 Å². The molecule has 168 valence electrons. The van der Waals surface area contributed by atoms with Crippen molar-refractivity contribution in [3.8, 4) is 0 Å². The van der Waals surface area contributed by atoms with E-state index < -0.39 is 5.60 Å². The second-order valence-electron chi connectivity index (χ2n) is 9.47. The van der Waals surface area contributed by atoms with Crippen LogP contribution in [0.2, 0.25) is 0 Å². The first-order valence-corrected chi connectivity index (χ1v) is 10.8. The predicted octanol–water partition coefficient (Wildman–Crippen LogP) is 3.89. The minimum absolute atomic E-state index is 0.119. The topological polar surface area (TPSA) is 83.5 Å². The summed E-state index contributed by atoms with van der Waals surface area (Å²) in [6.07, 6.45) is 2.48. The molecule has 1 aromatic carbocycles. The summed E-state index contributed by atoms with van der Waals surface area (Å²) in [5.41, 5.74) is 1.47. The van der Waals surface area contributed by atoms with Gasteiger partial charge in [0.1, 0.15) is 17.1 Å². The third-order valence-electron chi connectivity index (χ3n) is 5.81. The standard InChI is InChI=1S/C23H26FN5O3/c1-23(2,3)32-22(31)28-11-15(12-28)19-13-27-7-4-8-29(21(27)26-19)20(30)18-10-14-9-16(24)5-6-17(14)25-18/h5-6,9-10,13,15,25H,4,7-8,11-12H2,1-3H3. The van der Waals surface area contributed by atoms with E-state index in [1.165, 1.54) is 12.1 Å². The van der Waals surface area contributed by atoms with Gasteiger partial charge in [0.25, 0.3) is 5.91 Å². The van der Waals surface area contributed by atoms with Crippen molar-refractivity contribution in [2.75, 3.05) is 24.5 Å². The van der Waals surface area contributed by atoms with Gasteiger partial charge >= 0.3 is 6.09 Å². The number of hydrogen-bond donors (Lipinski definition) is 1. The molecule has 0 saturated carbocycles. The second kappa shape index (κ2) is 7.36. The van der Waals surface area contributed by atoms with E-state index in [0.29, 0.717) is 42.2 Å². The molecule has 5 rings (SSSR count). The third kappa shape index (κ3) is 3.72. The number of ether oxygens (including phenoxy) is 1. The number of likely N-dealkylation sites (tertiary alicyclic amines) is 1. The van der Waals surface area contributed by atoms with Crippen LogP contribution in [0.25, 0.3) is 10.9 Å². The predicted molar refractivity (Wildman–Crippen MR) is 117 cm³/mol. The van der Waals surface area contributed by atoms with Crippen molar-refractivity contribution in [2.24, 2.45) is 0 Å². The Morgan fingerprint density at radius 2 is 1.97 bits per heavy atom. The summed E-state index contributed by atoms with van der Waals surface area (Å²) in [4.78, 5) is 36.6. The number of aromatic nitrogens is 3. The highest BCUT2D eigenvalue weighted by molar-refractivity contribution is 6.06. The molecule has 0 bridgehead atoms. The normalized spacial score (nSPS) is 16.8. The van der Waals surface area contributed by atoms with Crippen LogP contribution in [-0.4, -0.2) is 56.7 Å². The third-order valence-corrected chi connectivity index (χ3v) is 5.81. The van der Waals surface area contributed by atoms with E-state index in [2.05, 4.69) is 4.98 Å². The van der Waals surface area contributed by atoms with Crippen molar-refractivity contribution in [2.45, 2.75) is 45.3 Å². The molecule has 0 radical (unpaired) electrons. The molecular formula is C23H26FN5O3. The molecule has 1 N–H and O–H groups in total. The van der Waals surface area contributed by atoms with Crippen molar-refractivity contribution in [1.29, 1.82) is 0 Å². The number of nitrogens with one attached hydrogen (secondary N) is 1. The lowest BCUT2D eigenvalue weighted by Gasteiger charge is -2.38. The van der Waals surface area contributed by atoms with Crippen LogP contribution in [0.1, 0.15) is 49.3 Å².